The van der Waals surface area contributed by atoms with Crippen molar-refractivity contribution < 1.29 is 21.6 Å². The molecular weight excluding hydrogens is 412 g/mol. The third-order valence-corrected chi connectivity index (χ3v) is 8.91. The second kappa shape index (κ2) is 8.83. The number of para-hydroxylation sites is 1. The van der Waals surface area contributed by atoms with Gasteiger partial charge in [0.2, 0.25) is 20.0 Å². The lowest BCUT2D eigenvalue weighted by Gasteiger charge is -2.19. The summed E-state index contributed by atoms with van der Waals surface area (Å²) in [6.45, 7) is 1.29. The number of methoxy groups -OCH3 is 1. The van der Waals surface area contributed by atoms with Gasteiger partial charge in [0.25, 0.3) is 0 Å². The molecule has 7 nitrogen and oxygen atoms in total. The Morgan fingerprint density at radius 2 is 1.52 bits per heavy atom. The van der Waals surface area contributed by atoms with Gasteiger partial charge in [-0.3, -0.25) is 0 Å². The predicted molar refractivity (Wildman–Crippen MR) is 111 cm³/mol. The van der Waals surface area contributed by atoms with Crippen molar-refractivity contribution >= 4 is 20.0 Å². The highest BCUT2D eigenvalue weighted by Gasteiger charge is 2.28. The van der Waals surface area contributed by atoms with Gasteiger partial charge in [-0.05, 0) is 55.2 Å². The fourth-order valence-electron chi connectivity index (χ4n) is 3.35. The van der Waals surface area contributed by atoms with Crippen LogP contribution in [0.2, 0.25) is 0 Å². The first-order chi connectivity index (χ1) is 13.8. The average Bonchev–Trinajstić information content (AvgIpc) is 3.28. The number of hydrogen-bond acceptors (Lipinski definition) is 5. The van der Waals surface area contributed by atoms with Crippen molar-refractivity contribution in [3.05, 3.63) is 54.1 Å². The minimum absolute atomic E-state index is 0.0698. The number of rotatable bonds is 8. The van der Waals surface area contributed by atoms with Crippen molar-refractivity contribution in [2.24, 2.45) is 0 Å². The molecule has 1 aliphatic heterocycles. The molecule has 0 aromatic heterocycles. The van der Waals surface area contributed by atoms with E-state index >= 15 is 0 Å². The zero-order chi connectivity index (χ0) is 21.1. The largest absolute Gasteiger partial charge is 0.496 e. The summed E-state index contributed by atoms with van der Waals surface area (Å²) in [5, 5.41) is 0. The highest BCUT2D eigenvalue weighted by molar-refractivity contribution is 7.89. The molecule has 1 heterocycles. The molecule has 1 fully saturated rings. The fraction of sp³-hybridized carbons (Fsp3) is 0.400. The fourth-order valence-corrected chi connectivity index (χ4v) is 6.04. The lowest BCUT2D eigenvalue weighted by molar-refractivity contribution is 0.406. The summed E-state index contributed by atoms with van der Waals surface area (Å²) in [7, 11) is -4.20. The van der Waals surface area contributed by atoms with Gasteiger partial charge >= 0.3 is 0 Å². The molecule has 0 saturated carbocycles. The van der Waals surface area contributed by atoms with Crippen molar-refractivity contribution in [2.45, 2.75) is 29.1 Å². The van der Waals surface area contributed by atoms with Gasteiger partial charge in [-0.25, -0.2) is 21.1 Å². The summed E-state index contributed by atoms with van der Waals surface area (Å²) in [5.74, 6) is 0.717. The van der Waals surface area contributed by atoms with E-state index in [4.69, 9.17) is 4.74 Å². The molecule has 0 amide bonds. The molecule has 29 heavy (non-hydrogen) atoms. The lowest BCUT2D eigenvalue weighted by Crippen LogP contribution is -2.29. The van der Waals surface area contributed by atoms with Gasteiger partial charge in [0.15, 0.2) is 0 Å². The molecule has 0 N–H and O–H groups in total. The average molecular weight is 439 g/mol. The van der Waals surface area contributed by atoms with Gasteiger partial charge in [0.1, 0.15) is 5.75 Å². The van der Waals surface area contributed by atoms with E-state index in [1.54, 1.807) is 7.11 Å². The van der Waals surface area contributed by atoms with Crippen LogP contribution in [0, 0.1) is 0 Å². The van der Waals surface area contributed by atoms with E-state index in [1.165, 1.54) is 39.9 Å². The molecule has 2 aromatic rings. The highest BCUT2D eigenvalue weighted by atomic mass is 32.2. The molecular formula is C20H26N2O5S2. The summed E-state index contributed by atoms with van der Waals surface area (Å²) in [5.41, 5.74) is 0.920. The quantitative estimate of drug-likeness (QED) is 0.632. The third-order valence-electron chi connectivity index (χ3n) is 5.12. The number of benzene rings is 2. The first-order valence-electron chi connectivity index (χ1n) is 9.45. The minimum atomic E-state index is -3.73. The molecule has 9 heteroatoms. The smallest absolute Gasteiger partial charge is 0.243 e. The molecule has 0 radical (unpaired) electrons. The van der Waals surface area contributed by atoms with Gasteiger partial charge in [-0.2, -0.15) is 4.31 Å². The maximum Gasteiger partial charge on any atom is 0.243 e. The van der Waals surface area contributed by atoms with Gasteiger partial charge in [0.05, 0.1) is 16.9 Å². The predicted octanol–water partition coefficient (Wildman–Crippen LogP) is 2.34. The Bertz CT molecular complexity index is 1040. The normalized spacial score (nSPS) is 15.7. The summed E-state index contributed by atoms with van der Waals surface area (Å²) in [6.07, 6.45) is 2.20. The molecule has 1 aliphatic rings. The monoisotopic (exact) mass is 438 g/mol. The first-order valence-corrected chi connectivity index (χ1v) is 12.3. The molecule has 3 rings (SSSR count). The van der Waals surface area contributed by atoms with Gasteiger partial charge < -0.3 is 4.74 Å². The Kier molecular flexibility index (Phi) is 6.62. The number of nitrogens with zero attached hydrogens (tertiary/aromatic N) is 2. The Hall–Kier alpha value is -1.94. The topological polar surface area (TPSA) is 84.0 Å². The van der Waals surface area contributed by atoms with Crippen LogP contribution in [0.15, 0.2) is 58.3 Å². The number of ether oxygens (including phenoxy) is 1. The van der Waals surface area contributed by atoms with Crippen LogP contribution in [0.25, 0.3) is 0 Å². The highest BCUT2D eigenvalue weighted by Crippen LogP contribution is 2.24. The maximum absolute atomic E-state index is 12.9. The molecule has 2 aromatic carbocycles. The number of sulfonamides is 2. The molecule has 0 bridgehead atoms. The van der Waals surface area contributed by atoms with Crippen molar-refractivity contribution in [3.63, 3.8) is 0 Å². The van der Waals surface area contributed by atoms with Crippen LogP contribution in [0.4, 0.5) is 0 Å². The van der Waals surface area contributed by atoms with Gasteiger partial charge in [0, 0.05) is 26.7 Å². The maximum atomic E-state index is 12.9. The van der Waals surface area contributed by atoms with E-state index in [0.717, 1.165) is 24.2 Å². The summed E-state index contributed by atoms with van der Waals surface area (Å²) in [4.78, 5) is 0.190. The van der Waals surface area contributed by atoms with Crippen LogP contribution in [-0.4, -0.2) is 59.2 Å². The van der Waals surface area contributed by atoms with Gasteiger partial charge in [-0.1, -0.05) is 18.2 Å². The van der Waals surface area contributed by atoms with E-state index in [-0.39, 0.29) is 16.3 Å². The standard InChI is InChI=1S/C20H26N2O5S2/c1-21(16-13-17-7-3-4-8-20(17)27-2)28(23,24)18-9-11-19(12-10-18)29(25,26)22-14-5-6-15-22/h3-4,7-12H,5-6,13-16H2,1-2H3. The first kappa shape index (κ1) is 21.8. The summed E-state index contributed by atoms with van der Waals surface area (Å²) in [6, 6.07) is 12.9. The molecule has 0 atom stereocenters. The minimum Gasteiger partial charge on any atom is -0.496 e. The lowest BCUT2D eigenvalue weighted by atomic mass is 10.1. The number of likely N-dealkylation sites (N-methyl/N-ethyl adjacent to an activating group) is 1. The van der Waals surface area contributed by atoms with Crippen LogP contribution in [0.1, 0.15) is 18.4 Å². The van der Waals surface area contributed by atoms with Crippen molar-refractivity contribution in [1.82, 2.24) is 8.61 Å². The molecule has 0 spiro atoms. The summed E-state index contributed by atoms with van der Waals surface area (Å²) < 4.78 is 58.9. The molecule has 0 unspecified atom stereocenters. The third kappa shape index (κ3) is 4.63. The Morgan fingerprint density at radius 1 is 0.931 bits per heavy atom. The Labute approximate surface area is 173 Å². The van der Waals surface area contributed by atoms with E-state index in [2.05, 4.69) is 0 Å². The van der Waals surface area contributed by atoms with Crippen molar-refractivity contribution in [2.75, 3.05) is 33.8 Å². The van der Waals surface area contributed by atoms with Crippen LogP contribution >= 0.6 is 0 Å². The Morgan fingerprint density at radius 3 is 2.14 bits per heavy atom. The number of hydrogen-bond donors (Lipinski definition) is 0. The molecule has 1 saturated heterocycles. The van der Waals surface area contributed by atoms with Gasteiger partial charge in [-0.15, -0.1) is 0 Å². The SMILES string of the molecule is COc1ccccc1CCN(C)S(=O)(=O)c1ccc(S(=O)(=O)N2CCCC2)cc1. The van der Waals surface area contributed by atoms with Crippen LogP contribution < -0.4 is 4.74 Å². The van der Waals surface area contributed by atoms with E-state index in [1.807, 2.05) is 24.3 Å². The second-order valence-electron chi connectivity index (χ2n) is 6.97. The molecule has 158 valence electrons. The van der Waals surface area contributed by atoms with E-state index < -0.39 is 20.0 Å². The zero-order valence-electron chi connectivity index (χ0n) is 16.6. The van der Waals surface area contributed by atoms with Crippen LogP contribution in [0.3, 0.4) is 0 Å². The van der Waals surface area contributed by atoms with Crippen molar-refractivity contribution in [3.8, 4) is 5.75 Å². The van der Waals surface area contributed by atoms with Crippen LogP contribution in [-0.2, 0) is 26.5 Å². The van der Waals surface area contributed by atoms with Crippen molar-refractivity contribution in [1.29, 1.82) is 0 Å². The zero-order valence-corrected chi connectivity index (χ0v) is 18.2. The molecule has 0 aliphatic carbocycles. The Balaban J connectivity index is 1.73. The van der Waals surface area contributed by atoms with Crippen LogP contribution in [0.5, 0.6) is 5.75 Å². The van der Waals surface area contributed by atoms with E-state index in [0.29, 0.717) is 19.5 Å². The summed E-state index contributed by atoms with van der Waals surface area (Å²) >= 11 is 0. The second-order valence-corrected chi connectivity index (χ2v) is 11.0. The van der Waals surface area contributed by atoms with E-state index in [9.17, 15) is 16.8 Å².